The fraction of sp³-hybridized carbons (Fsp3) is 0.833. The molecule has 0 fully saturated rings. The number of aliphatic hydroxyl groups excluding tert-OH is 1. The summed E-state index contributed by atoms with van der Waals surface area (Å²) >= 11 is 11.3. The third kappa shape index (κ3) is 23.1. The molecule has 154 valence electrons. The van der Waals surface area contributed by atoms with Gasteiger partial charge in [-0.2, -0.15) is 16.6 Å². The molecular formula is C12H24N2O5S7. The molecule has 0 spiro atoms. The first-order valence-corrected chi connectivity index (χ1v) is 15.4. The molecule has 0 aliphatic carbocycles. The van der Waals surface area contributed by atoms with Gasteiger partial charge in [-0.25, -0.2) is 9.79 Å². The van der Waals surface area contributed by atoms with Crippen LogP contribution in [0.2, 0.25) is 0 Å². The zero-order valence-electron chi connectivity index (χ0n) is 14.3. The molecule has 0 aliphatic rings. The predicted molar refractivity (Wildman–Crippen MR) is 125 cm³/mol. The van der Waals surface area contributed by atoms with Crippen molar-refractivity contribution in [2.75, 3.05) is 56.2 Å². The van der Waals surface area contributed by atoms with Crippen molar-refractivity contribution in [3.8, 4) is 0 Å². The fourth-order valence-electron chi connectivity index (χ4n) is 0.940. The number of hydrogen-bond donors (Lipinski definition) is 2. The smallest absolute Gasteiger partial charge is 0.408 e. The Labute approximate surface area is 184 Å². The highest BCUT2D eigenvalue weighted by molar-refractivity contribution is 8.22. The van der Waals surface area contributed by atoms with E-state index in [0.29, 0.717) is 23.6 Å². The van der Waals surface area contributed by atoms with E-state index in [1.807, 2.05) is 6.26 Å². The SMILES string of the molecule is CSCSCOC(=O)NCSCSCSC/N=C/OOCSCSCO. The van der Waals surface area contributed by atoms with Gasteiger partial charge in [0.05, 0.1) is 17.7 Å². The molecule has 0 radical (unpaired) electrons. The summed E-state index contributed by atoms with van der Waals surface area (Å²) in [5.74, 6) is 2.05. The number of aliphatic hydroxyl groups is 1. The number of nitrogens with zero attached hydrogens (tertiary/aromatic N) is 1. The molecule has 14 heteroatoms. The topological polar surface area (TPSA) is 89.4 Å². The van der Waals surface area contributed by atoms with Crippen LogP contribution in [0.4, 0.5) is 4.79 Å². The number of alkyl carbamates (subject to hydrolysis) is 1. The summed E-state index contributed by atoms with van der Waals surface area (Å²) in [7, 11) is 0. The van der Waals surface area contributed by atoms with Gasteiger partial charge in [0.1, 0.15) is 11.9 Å². The minimum absolute atomic E-state index is 0.115. The number of nitrogens with one attached hydrogen (secondary N) is 1. The van der Waals surface area contributed by atoms with E-state index in [2.05, 4.69) is 10.3 Å². The van der Waals surface area contributed by atoms with E-state index in [0.717, 1.165) is 20.3 Å². The van der Waals surface area contributed by atoms with Crippen LogP contribution in [0, 0.1) is 0 Å². The summed E-state index contributed by atoms with van der Waals surface area (Å²) in [6, 6.07) is 0. The summed E-state index contributed by atoms with van der Waals surface area (Å²) in [6.45, 7) is 0. The van der Waals surface area contributed by atoms with E-state index in [1.165, 1.54) is 29.9 Å². The largest absolute Gasteiger partial charge is 0.438 e. The highest BCUT2D eigenvalue weighted by atomic mass is 32.2. The molecule has 2 N–H and O–H groups in total. The van der Waals surface area contributed by atoms with Crippen molar-refractivity contribution in [2.24, 2.45) is 4.99 Å². The molecule has 1 amide bonds. The molecule has 0 rings (SSSR count). The molecule has 0 aromatic heterocycles. The lowest BCUT2D eigenvalue weighted by Crippen LogP contribution is -2.23. The van der Waals surface area contributed by atoms with Crippen molar-refractivity contribution >= 4 is 94.8 Å². The van der Waals surface area contributed by atoms with E-state index in [4.69, 9.17) is 19.6 Å². The van der Waals surface area contributed by atoms with Gasteiger partial charge in [0.2, 0.25) is 6.40 Å². The molecule has 0 heterocycles. The molecule has 0 saturated carbocycles. The third-order valence-corrected chi connectivity index (χ3v) is 8.89. The zero-order valence-corrected chi connectivity index (χ0v) is 20.0. The van der Waals surface area contributed by atoms with Crippen molar-refractivity contribution in [2.45, 2.75) is 0 Å². The Bertz CT molecular complexity index is 345. The minimum Gasteiger partial charge on any atom is -0.438 e. The summed E-state index contributed by atoms with van der Waals surface area (Å²) in [4.78, 5) is 25.0. The molecule has 0 aliphatic heterocycles. The number of carbonyl (C=O) groups excluding carboxylic acids is 1. The van der Waals surface area contributed by atoms with Gasteiger partial charge in [-0.3, -0.25) is 0 Å². The van der Waals surface area contributed by atoms with Crippen LogP contribution in [-0.2, 0) is 14.5 Å². The Morgan fingerprint density at radius 3 is 2.62 bits per heavy atom. The Morgan fingerprint density at radius 1 is 1.04 bits per heavy atom. The number of thioether (sulfide) groups is 7. The van der Waals surface area contributed by atoms with Gasteiger partial charge in [-0.1, -0.05) is 0 Å². The van der Waals surface area contributed by atoms with Gasteiger partial charge in [0.25, 0.3) is 0 Å². The molecule has 0 atom stereocenters. The van der Waals surface area contributed by atoms with Crippen molar-refractivity contribution in [1.82, 2.24) is 5.32 Å². The van der Waals surface area contributed by atoms with Crippen LogP contribution >= 0.6 is 82.3 Å². The summed E-state index contributed by atoms with van der Waals surface area (Å²) in [5.41, 5.74) is 0. The molecule has 26 heavy (non-hydrogen) atoms. The second kappa shape index (κ2) is 24.1. The lowest BCUT2D eigenvalue weighted by atomic mass is 11.1. The van der Waals surface area contributed by atoms with Crippen LogP contribution in [0.3, 0.4) is 0 Å². The maximum Gasteiger partial charge on any atom is 0.408 e. The summed E-state index contributed by atoms with van der Waals surface area (Å²) in [5, 5.41) is 14.7. The van der Waals surface area contributed by atoms with E-state index < -0.39 is 0 Å². The average molecular weight is 501 g/mol. The molecule has 0 unspecified atom stereocenters. The van der Waals surface area contributed by atoms with E-state index in [-0.39, 0.29) is 12.0 Å². The summed E-state index contributed by atoms with van der Waals surface area (Å²) in [6.07, 6.45) is 2.93. The Hall–Kier alpha value is 1.11. The third-order valence-electron chi connectivity index (χ3n) is 1.87. The van der Waals surface area contributed by atoms with Crippen LogP contribution in [0.15, 0.2) is 4.99 Å². The van der Waals surface area contributed by atoms with E-state index in [1.54, 1.807) is 58.8 Å². The van der Waals surface area contributed by atoms with Crippen molar-refractivity contribution in [3.63, 3.8) is 0 Å². The molecule has 0 saturated heterocycles. The second-order valence-electron chi connectivity index (χ2n) is 3.73. The number of ether oxygens (including phenoxy) is 1. The lowest BCUT2D eigenvalue weighted by molar-refractivity contribution is -0.196. The van der Waals surface area contributed by atoms with Gasteiger partial charge in [-0.05, 0) is 6.26 Å². The van der Waals surface area contributed by atoms with Crippen molar-refractivity contribution in [3.05, 3.63) is 0 Å². The first-order valence-electron chi connectivity index (χ1n) is 7.04. The molecule has 7 nitrogen and oxygen atoms in total. The highest BCUT2D eigenvalue weighted by Crippen LogP contribution is 2.17. The van der Waals surface area contributed by atoms with Gasteiger partial charge < -0.3 is 20.0 Å². The minimum atomic E-state index is -0.368. The number of amides is 1. The lowest BCUT2D eigenvalue weighted by Gasteiger charge is -2.06. The normalized spacial score (nSPS) is 11.0. The first-order chi connectivity index (χ1) is 12.8. The van der Waals surface area contributed by atoms with Gasteiger partial charge in [-0.15, -0.1) is 70.6 Å². The van der Waals surface area contributed by atoms with Crippen LogP contribution in [0.5, 0.6) is 0 Å². The molecule has 0 aromatic rings. The van der Waals surface area contributed by atoms with Crippen LogP contribution in [0.1, 0.15) is 0 Å². The number of rotatable bonds is 19. The monoisotopic (exact) mass is 500 g/mol. The molecule has 0 bridgehead atoms. The maximum absolute atomic E-state index is 11.3. The Kier molecular flexibility index (Phi) is 25.2. The fourth-order valence-corrected chi connectivity index (χ4v) is 6.08. The van der Waals surface area contributed by atoms with E-state index in [9.17, 15) is 4.79 Å². The zero-order chi connectivity index (χ0) is 19.1. The van der Waals surface area contributed by atoms with Gasteiger partial charge in [0.15, 0.2) is 0 Å². The van der Waals surface area contributed by atoms with Crippen molar-refractivity contribution in [1.29, 1.82) is 0 Å². The average Bonchev–Trinajstić information content (AvgIpc) is 2.65. The standard InChI is InChI=1S/C12H24N2O5S7/c1-20-8-24-6-17-12(16)14-4-22-10-26-9-21-3-13-2-18-19-7-25-11-23-5-15/h2,15H,3-11H2,1H3,(H,14,16)/b13-2+. The predicted octanol–water partition coefficient (Wildman–Crippen LogP) is 4.06. The van der Waals surface area contributed by atoms with Crippen LogP contribution in [0.25, 0.3) is 0 Å². The highest BCUT2D eigenvalue weighted by Gasteiger charge is 2.00. The van der Waals surface area contributed by atoms with Gasteiger partial charge in [0, 0.05) is 20.3 Å². The van der Waals surface area contributed by atoms with Crippen LogP contribution < -0.4 is 5.32 Å². The molecule has 0 aromatic carbocycles. The maximum atomic E-state index is 11.3. The molecular weight excluding hydrogens is 477 g/mol. The quantitative estimate of drug-likeness (QED) is 0.0669. The summed E-state index contributed by atoms with van der Waals surface area (Å²) < 4.78 is 4.99. The van der Waals surface area contributed by atoms with Crippen molar-refractivity contribution < 1.29 is 24.4 Å². The second-order valence-corrected chi connectivity index (χ2v) is 11.8. The Morgan fingerprint density at radius 2 is 1.81 bits per heavy atom. The van der Waals surface area contributed by atoms with Crippen LogP contribution in [-0.4, -0.2) is 73.8 Å². The first kappa shape index (κ1) is 27.1. The number of aliphatic imine (C=N–C) groups is 1. The van der Waals surface area contributed by atoms with Gasteiger partial charge >= 0.3 is 6.09 Å². The number of hydrogen-bond acceptors (Lipinski definition) is 13. The number of carbonyl (C=O) groups is 1. The Balaban J connectivity index is 3.16. The van der Waals surface area contributed by atoms with E-state index >= 15 is 0 Å².